The molecule has 11 rings (SSSR count). The van der Waals surface area contributed by atoms with Crippen LogP contribution in [0.5, 0.6) is 0 Å². The summed E-state index contributed by atoms with van der Waals surface area (Å²) >= 11 is 3.64. The summed E-state index contributed by atoms with van der Waals surface area (Å²) in [6.07, 6.45) is 0. The Labute approximate surface area is 378 Å². The van der Waals surface area contributed by atoms with Crippen LogP contribution in [0.3, 0.4) is 0 Å². The first-order chi connectivity index (χ1) is 29.9. The minimum Gasteiger partial charge on any atom is -0.376 e. The first-order valence-electron chi connectivity index (χ1n) is 20.8. The molecule has 0 atom stereocenters. The third-order valence-corrected chi connectivity index (χ3v) is 12.9. The van der Waals surface area contributed by atoms with E-state index in [0.29, 0.717) is 0 Å². The Kier molecular flexibility index (Phi) is 11.2. The van der Waals surface area contributed by atoms with Gasteiger partial charge in [-0.1, -0.05) is 228 Å². The third-order valence-electron chi connectivity index (χ3n) is 12.4. The number of hydrogen-bond acceptors (Lipinski definition) is 1. The van der Waals surface area contributed by atoms with Crippen molar-refractivity contribution < 1.29 is 5.11 Å². The standard InChI is InChI=1S/C30H22.C29H21BrO.ClH/c1-21-16-17-26-27-19-22-10-8-9-11-23(22)20-29(27)30(28(26)18-21,24-12-4-2-5-13-24)25-14-6-3-7-15-25;30-26-17-18-27(23-16-15-21-9-7-8-10-22(21)19-23)28(20-26)29(31,24-11-3-1-4-12-24)25-13-5-2-6-14-25;/h2-20H,1H3;1-20,31H;1H. The van der Waals surface area contributed by atoms with Crippen LogP contribution in [0, 0.1) is 6.92 Å². The van der Waals surface area contributed by atoms with Gasteiger partial charge in [0.05, 0.1) is 5.41 Å². The summed E-state index contributed by atoms with van der Waals surface area (Å²) in [7, 11) is 0. The Morgan fingerprint density at radius 1 is 0.403 bits per heavy atom. The fourth-order valence-corrected chi connectivity index (χ4v) is 9.91. The van der Waals surface area contributed by atoms with Crippen LogP contribution < -0.4 is 0 Å². The van der Waals surface area contributed by atoms with Crippen molar-refractivity contribution in [3.63, 3.8) is 0 Å². The molecule has 0 spiro atoms. The molecule has 300 valence electrons. The highest BCUT2D eigenvalue weighted by Gasteiger charge is 2.46. The van der Waals surface area contributed by atoms with Gasteiger partial charge in [-0.05, 0) is 114 Å². The van der Waals surface area contributed by atoms with E-state index in [-0.39, 0.29) is 17.8 Å². The van der Waals surface area contributed by atoms with Crippen LogP contribution in [-0.4, -0.2) is 5.11 Å². The van der Waals surface area contributed by atoms with Gasteiger partial charge in [-0.2, -0.15) is 0 Å². The molecule has 0 amide bonds. The summed E-state index contributed by atoms with van der Waals surface area (Å²) in [6.45, 7) is 2.19. The largest absolute Gasteiger partial charge is 0.376 e. The highest BCUT2D eigenvalue weighted by molar-refractivity contribution is 9.10. The minimum absolute atomic E-state index is 0. The summed E-state index contributed by atoms with van der Waals surface area (Å²) in [4.78, 5) is 0. The van der Waals surface area contributed by atoms with Gasteiger partial charge >= 0.3 is 0 Å². The normalized spacial score (nSPS) is 12.4. The van der Waals surface area contributed by atoms with Crippen molar-refractivity contribution in [1.29, 1.82) is 0 Å². The molecule has 10 aromatic carbocycles. The average Bonchev–Trinajstić information content (AvgIpc) is 3.60. The molecule has 0 radical (unpaired) electrons. The molecule has 1 aliphatic carbocycles. The predicted octanol–water partition coefficient (Wildman–Crippen LogP) is 15.5. The van der Waals surface area contributed by atoms with Gasteiger partial charge in [-0.15, -0.1) is 12.4 Å². The molecular weight excluding hydrogens is 840 g/mol. The molecule has 62 heavy (non-hydrogen) atoms. The van der Waals surface area contributed by atoms with Gasteiger partial charge in [-0.3, -0.25) is 0 Å². The van der Waals surface area contributed by atoms with Crippen LogP contribution in [0.15, 0.2) is 241 Å². The highest BCUT2D eigenvalue weighted by atomic mass is 79.9. The second-order valence-corrected chi connectivity index (χ2v) is 16.9. The van der Waals surface area contributed by atoms with Gasteiger partial charge in [0.1, 0.15) is 5.60 Å². The van der Waals surface area contributed by atoms with Crippen LogP contribution in [0.1, 0.15) is 44.5 Å². The summed E-state index contributed by atoms with van der Waals surface area (Å²) < 4.78 is 0.928. The van der Waals surface area contributed by atoms with E-state index in [2.05, 4.69) is 187 Å². The van der Waals surface area contributed by atoms with E-state index in [1.165, 1.54) is 60.5 Å². The van der Waals surface area contributed by atoms with Crippen LogP contribution in [0.4, 0.5) is 0 Å². The number of halogens is 2. The number of hydrogen-bond donors (Lipinski definition) is 1. The van der Waals surface area contributed by atoms with Gasteiger partial charge in [0, 0.05) is 10.0 Å². The fraction of sp³-hybridized carbons (Fsp3) is 0.0508. The average molecular weight is 884 g/mol. The summed E-state index contributed by atoms with van der Waals surface area (Å²) in [5, 5.41) is 17.3. The molecule has 1 N–H and O–H groups in total. The zero-order valence-electron chi connectivity index (χ0n) is 34.3. The topological polar surface area (TPSA) is 20.2 Å². The number of rotatable bonds is 6. The van der Waals surface area contributed by atoms with Gasteiger partial charge in [0.2, 0.25) is 0 Å². The van der Waals surface area contributed by atoms with Crippen LogP contribution in [-0.2, 0) is 11.0 Å². The quantitative estimate of drug-likeness (QED) is 0.165. The van der Waals surface area contributed by atoms with Crippen LogP contribution >= 0.6 is 28.3 Å². The van der Waals surface area contributed by atoms with E-state index in [0.717, 1.165) is 32.3 Å². The van der Waals surface area contributed by atoms with Gasteiger partial charge in [0.25, 0.3) is 0 Å². The van der Waals surface area contributed by atoms with Crippen molar-refractivity contribution in [2.45, 2.75) is 17.9 Å². The highest BCUT2D eigenvalue weighted by Crippen LogP contribution is 2.57. The SMILES string of the molecule is Cc1ccc2c(c1)C(c1ccccc1)(c1ccccc1)c1cc3ccccc3cc1-2.Cl.OC(c1ccccc1)(c1ccccc1)c1cc(Br)ccc1-c1ccc2ccccc2c1. The predicted molar refractivity (Wildman–Crippen MR) is 265 cm³/mol. The molecule has 0 bridgehead atoms. The van der Waals surface area contributed by atoms with E-state index < -0.39 is 5.60 Å². The maximum absolute atomic E-state index is 12.4. The van der Waals surface area contributed by atoms with Crippen molar-refractivity contribution in [2.24, 2.45) is 0 Å². The Hall–Kier alpha value is -6.55. The van der Waals surface area contributed by atoms with Gasteiger partial charge < -0.3 is 5.11 Å². The second kappa shape index (κ2) is 17.1. The Balaban J connectivity index is 0.000000156. The molecule has 1 aliphatic rings. The number of aryl methyl sites for hydroxylation is 1. The summed E-state index contributed by atoms with van der Waals surface area (Å²) in [5.74, 6) is 0. The fourth-order valence-electron chi connectivity index (χ4n) is 9.55. The van der Waals surface area contributed by atoms with Crippen LogP contribution in [0.2, 0.25) is 0 Å². The van der Waals surface area contributed by atoms with Crippen molar-refractivity contribution in [2.75, 3.05) is 0 Å². The molecule has 0 aliphatic heterocycles. The molecule has 0 saturated heterocycles. The molecule has 3 heteroatoms. The Morgan fingerprint density at radius 2 is 0.871 bits per heavy atom. The summed E-state index contributed by atoms with van der Waals surface area (Å²) in [6, 6.07) is 83.1. The second-order valence-electron chi connectivity index (χ2n) is 16.0. The van der Waals surface area contributed by atoms with E-state index in [1.54, 1.807) is 0 Å². The van der Waals surface area contributed by atoms with Crippen molar-refractivity contribution in [3.05, 3.63) is 286 Å². The van der Waals surface area contributed by atoms with Crippen LogP contribution in [0.25, 0.3) is 43.8 Å². The maximum atomic E-state index is 12.4. The number of benzene rings is 10. The first kappa shape index (κ1) is 40.8. The Morgan fingerprint density at radius 3 is 1.45 bits per heavy atom. The lowest BCUT2D eigenvalue weighted by Gasteiger charge is -2.34. The monoisotopic (exact) mass is 882 g/mol. The lowest BCUT2D eigenvalue weighted by atomic mass is 9.67. The smallest absolute Gasteiger partial charge is 0.141 e. The van der Waals surface area contributed by atoms with Gasteiger partial charge in [-0.25, -0.2) is 0 Å². The number of fused-ring (bicyclic) bond motifs is 5. The number of aliphatic hydroxyl groups is 1. The molecule has 0 heterocycles. The molecule has 0 aromatic heterocycles. The Bertz CT molecular complexity index is 3090. The van der Waals surface area contributed by atoms with E-state index in [4.69, 9.17) is 0 Å². The summed E-state index contributed by atoms with van der Waals surface area (Å²) in [5.41, 5.74) is 12.3. The van der Waals surface area contributed by atoms with E-state index in [1.807, 2.05) is 72.8 Å². The maximum Gasteiger partial charge on any atom is 0.141 e. The molecule has 10 aromatic rings. The minimum atomic E-state index is -1.30. The lowest BCUT2D eigenvalue weighted by molar-refractivity contribution is 0.126. The van der Waals surface area contributed by atoms with Crippen molar-refractivity contribution >= 4 is 49.9 Å². The first-order valence-corrected chi connectivity index (χ1v) is 21.6. The van der Waals surface area contributed by atoms with E-state index in [9.17, 15) is 5.11 Å². The molecular formula is C59H44BrClO. The molecule has 0 unspecified atom stereocenters. The van der Waals surface area contributed by atoms with E-state index >= 15 is 0 Å². The molecule has 0 fully saturated rings. The molecule has 1 nitrogen and oxygen atoms in total. The molecule has 0 saturated carbocycles. The van der Waals surface area contributed by atoms with Gasteiger partial charge in [0.15, 0.2) is 0 Å². The van der Waals surface area contributed by atoms with Crippen molar-refractivity contribution in [3.8, 4) is 22.3 Å². The lowest BCUT2D eigenvalue weighted by Crippen LogP contribution is -2.29. The zero-order valence-corrected chi connectivity index (χ0v) is 36.7. The third kappa shape index (κ3) is 7.05. The van der Waals surface area contributed by atoms with Crippen molar-refractivity contribution in [1.82, 2.24) is 0 Å². The zero-order chi connectivity index (χ0) is 41.4.